The third kappa shape index (κ3) is 8.35. The zero-order valence-electron chi connectivity index (χ0n) is 25.9. The summed E-state index contributed by atoms with van der Waals surface area (Å²) in [6.45, 7) is 15.0. The molecule has 1 aromatic heterocycles. The molecule has 0 bridgehead atoms. The van der Waals surface area contributed by atoms with Gasteiger partial charge in [0.15, 0.2) is 0 Å². The van der Waals surface area contributed by atoms with Crippen LogP contribution in [0.3, 0.4) is 0 Å². The Kier molecular flexibility index (Phi) is 11.1. The first kappa shape index (κ1) is 32.2. The number of unbranched alkanes of at least 4 members (excludes halogenated alkanes) is 1. The number of nitriles is 1. The highest BCUT2D eigenvalue weighted by Gasteiger charge is 2.30. The summed E-state index contributed by atoms with van der Waals surface area (Å²) in [5, 5.41) is 18.8. The second kappa shape index (κ2) is 14.5. The predicted molar refractivity (Wildman–Crippen MR) is 169 cm³/mol. The Morgan fingerprint density at radius 3 is 2.45 bits per heavy atom. The number of hydrogen-bond donors (Lipinski definition) is 4. The number of likely N-dealkylation sites (N-methyl/N-ethyl adjacent to an activating group) is 1. The molecule has 1 heterocycles. The number of rotatable bonds is 11. The molecule has 0 saturated carbocycles. The summed E-state index contributed by atoms with van der Waals surface area (Å²) < 4.78 is 5.24. The van der Waals surface area contributed by atoms with Gasteiger partial charge in [-0.15, -0.1) is 0 Å². The summed E-state index contributed by atoms with van der Waals surface area (Å²) in [6, 6.07) is 14.8. The van der Waals surface area contributed by atoms with Gasteiger partial charge < -0.3 is 20.4 Å². The number of H-pyrrole nitrogens is 1. The SMILES string of the molecule is CCNC(=O)C(C)(C)c1ccc2[nH]c(-c3cc(C)cc(C)c3)c(CCNC(=NCCCC#N)NC(=O)OC(C)C)c2c1. The third-order valence-corrected chi connectivity index (χ3v) is 6.99. The third-order valence-electron chi connectivity index (χ3n) is 6.99. The molecule has 0 unspecified atom stereocenters. The lowest BCUT2D eigenvalue weighted by molar-refractivity contribution is -0.125. The minimum absolute atomic E-state index is 0.0192. The van der Waals surface area contributed by atoms with Crippen molar-refractivity contribution in [1.82, 2.24) is 20.9 Å². The van der Waals surface area contributed by atoms with Gasteiger partial charge in [0, 0.05) is 42.7 Å². The van der Waals surface area contributed by atoms with Crippen molar-refractivity contribution < 1.29 is 14.3 Å². The molecule has 9 nitrogen and oxygen atoms in total. The van der Waals surface area contributed by atoms with E-state index in [9.17, 15) is 9.59 Å². The number of benzene rings is 2. The molecule has 0 atom stereocenters. The van der Waals surface area contributed by atoms with Crippen LogP contribution in [0.5, 0.6) is 0 Å². The summed E-state index contributed by atoms with van der Waals surface area (Å²) in [5.74, 6) is 0.290. The summed E-state index contributed by atoms with van der Waals surface area (Å²) >= 11 is 0. The Balaban J connectivity index is 1.99. The fourth-order valence-electron chi connectivity index (χ4n) is 4.91. The molecule has 42 heavy (non-hydrogen) atoms. The lowest BCUT2D eigenvalue weighted by Gasteiger charge is -2.24. The van der Waals surface area contributed by atoms with Gasteiger partial charge in [0.05, 0.1) is 17.6 Å². The number of amides is 2. The molecule has 0 aliphatic carbocycles. The van der Waals surface area contributed by atoms with E-state index >= 15 is 0 Å². The van der Waals surface area contributed by atoms with E-state index in [0.717, 1.165) is 33.3 Å². The maximum Gasteiger partial charge on any atom is 0.414 e. The Labute approximate surface area is 249 Å². The number of hydrogen-bond acceptors (Lipinski definition) is 5. The highest BCUT2D eigenvalue weighted by Crippen LogP contribution is 2.35. The standard InChI is InChI=1S/C33H44N6O3/c1-8-35-30(40)33(6,7)25-11-12-28-27(20-25)26(29(38-28)24-18-22(4)17-23(5)19-24)13-16-37-31(36-15-10-9-14-34)39-32(41)42-21(2)3/h11-12,17-21,38H,8-10,13,15-16H2,1-7H3,(H,35,40)(H2,36,37,39,41). The Morgan fingerprint density at radius 1 is 1.10 bits per heavy atom. The number of carbonyl (C=O) groups excluding carboxylic acids is 2. The Bertz CT molecular complexity index is 1460. The van der Waals surface area contributed by atoms with Gasteiger partial charge in [-0.25, -0.2) is 4.79 Å². The van der Waals surface area contributed by atoms with Crippen LogP contribution < -0.4 is 16.0 Å². The number of aromatic amines is 1. The van der Waals surface area contributed by atoms with E-state index < -0.39 is 11.5 Å². The van der Waals surface area contributed by atoms with Crippen LogP contribution in [0.4, 0.5) is 4.79 Å². The zero-order valence-corrected chi connectivity index (χ0v) is 25.9. The average molecular weight is 573 g/mol. The molecule has 0 aliphatic rings. The normalized spacial score (nSPS) is 11.8. The van der Waals surface area contributed by atoms with Crippen LogP contribution in [0.15, 0.2) is 41.4 Å². The second-order valence-corrected chi connectivity index (χ2v) is 11.3. The van der Waals surface area contributed by atoms with Crippen molar-refractivity contribution in [3.05, 3.63) is 58.7 Å². The Hall–Kier alpha value is -4.32. The highest BCUT2D eigenvalue weighted by atomic mass is 16.6. The maximum absolute atomic E-state index is 12.9. The van der Waals surface area contributed by atoms with Crippen LogP contribution in [-0.4, -0.2) is 48.7 Å². The number of nitrogens with zero attached hydrogens (tertiary/aromatic N) is 2. The van der Waals surface area contributed by atoms with Crippen molar-refractivity contribution >= 4 is 28.9 Å². The number of alkyl carbamates (subject to hydrolysis) is 1. The maximum atomic E-state index is 12.9. The number of carbonyl (C=O) groups is 2. The van der Waals surface area contributed by atoms with Gasteiger partial charge in [0.2, 0.25) is 11.9 Å². The van der Waals surface area contributed by atoms with Gasteiger partial charge in [0.25, 0.3) is 0 Å². The van der Waals surface area contributed by atoms with E-state index in [1.54, 1.807) is 13.8 Å². The van der Waals surface area contributed by atoms with Crippen LogP contribution in [0.1, 0.15) is 69.7 Å². The van der Waals surface area contributed by atoms with E-state index in [1.165, 1.54) is 11.1 Å². The summed E-state index contributed by atoms with van der Waals surface area (Å²) in [4.78, 5) is 33.3. The van der Waals surface area contributed by atoms with E-state index in [-0.39, 0.29) is 12.0 Å². The molecule has 0 radical (unpaired) electrons. The van der Waals surface area contributed by atoms with E-state index in [0.29, 0.717) is 44.9 Å². The first-order valence-corrected chi connectivity index (χ1v) is 14.6. The van der Waals surface area contributed by atoms with Gasteiger partial charge in [-0.2, -0.15) is 5.26 Å². The molecule has 0 fully saturated rings. The zero-order chi connectivity index (χ0) is 30.9. The van der Waals surface area contributed by atoms with Gasteiger partial charge in [0.1, 0.15) is 0 Å². The van der Waals surface area contributed by atoms with E-state index in [4.69, 9.17) is 10.00 Å². The number of aromatic nitrogens is 1. The minimum Gasteiger partial charge on any atom is -0.447 e. The number of aliphatic imine (C=N–C) groups is 1. The van der Waals surface area contributed by atoms with Crippen molar-refractivity contribution in [2.45, 2.75) is 79.2 Å². The fraction of sp³-hybridized carbons (Fsp3) is 0.455. The van der Waals surface area contributed by atoms with Gasteiger partial charge in [-0.1, -0.05) is 23.3 Å². The first-order chi connectivity index (χ1) is 20.0. The number of ether oxygens (including phenoxy) is 1. The van der Waals surface area contributed by atoms with Crippen LogP contribution in [-0.2, 0) is 21.4 Å². The molecular formula is C33H44N6O3. The van der Waals surface area contributed by atoms with Crippen molar-refractivity contribution in [3.63, 3.8) is 0 Å². The number of fused-ring (bicyclic) bond motifs is 1. The van der Waals surface area contributed by atoms with Crippen LogP contribution in [0.2, 0.25) is 0 Å². The van der Waals surface area contributed by atoms with Crippen LogP contribution >= 0.6 is 0 Å². The molecular weight excluding hydrogens is 528 g/mol. The van der Waals surface area contributed by atoms with Crippen molar-refractivity contribution in [1.29, 1.82) is 5.26 Å². The molecule has 9 heteroatoms. The molecule has 224 valence electrons. The molecule has 0 aliphatic heterocycles. The van der Waals surface area contributed by atoms with Gasteiger partial charge >= 0.3 is 6.09 Å². The van der Waals surface area contributed by atoms with Crippen molar-refractivity contribution in [2.75, 3.05) is 19.6 Å². The van der Waals surface area contributed by atoms with Gasteiger partial charge in [-0.05, 0) is 102 Å². The van der Waals surface area contributed by atoms with Crippen molar-refractivity contribution in [3.8, 4) is 17.3 Å². The summed E-state index contributed by atoms with van der Waals surface area (Å²) in [5.41, 5.74) is 6.76. The fourth-order valence-corrected chi connectivity index (χ4v) is 4.91. The van der Waals surface area contributed by atoms with Gasteiger partial charge in [-0.3, -0.25) is 15.1 Å². The Morgan fingerprint density at radius 2 is 1.81 bits per heavy atom. The molecule has 3 aromatic rings. The molecule has 2 amide bonds. The van der Waals surface area contributed by atoms with Crippen LogP contribution in [0.25, 0.3) is 22.2 Å². The number of nitrogens with one attached hydrogen (secondary N) is 4. The largest absolute Gasteiger partial charge is 0.447 e. The topological polar surface area (TPSA) is 131 Å². The van der Waals surface area contributed by atoms with E-state index in [1.807, 2.05) is 32.9 Å². The smallest absolute Gasteiger partial charge is 0.414 e. The average Bonchev–Trinajstić information content (AvgIpc) is 3.28. The van der Waals surface area contributed by atoms with Crippen LogP contribution in [0, 0.1) is 25.2 Å². The summed E-state index contributed by atoms with van der Waals surface area (Å²) in [6.07, 6.45) is 0.736. The number of guanidine groups is 1. The molecule has 4 N–H and O–H groups in total. The lowest BCUT2D eigenvalue weighted by Crippen LogP contribution is -2.42. The molecule has 2 aromatic carbocycles. The monoisotopic (exact) mass is 572 g/mol. The lowest BCUT2D eigenvalue weighted by atomic mass is 9.82. The first-order valence-electron chi connectivity index (χ1n) is 14.6. The van der Waals surface area contributed by atoms with Crippen molar-refractivity contribution in [2.24, 2.45) is 4.99 Å². The molecule has 0 saturated heterocycles. The molecule has 0 spiro atoms. The predicted octanol–water partition coefficient (Wildman–Crippen LogP) is 5.79. The quantitative estimate of drug-likeness (QED) is 0.131. The second-order valence-electron chi connectivity index (χ2n) is 11.3. The number of aryl methyl sites for hydroxylation is 2. The highest BCUT2D eigenvalue weighted by molar-refractivity contribution is 5.95. The van der Waals surface area contributed by atoms with E-state index in [2.05, 4.69) is 70.1 Å². The molecule has 3 rings (SSSR count). The minimum atomic E-state index is -0.707. The summed E-state index contributed by atoms with van der Waals surface area (Å²) in [7, 11) is 0.